The van der Waals surface area contributed by atoms with E-state index in [0.29, 0.717) is 48.7 Å². The first kappa shape index (κ1) is 32.5. The van der Waals surface area contributed by atoms with Crippen LogP contribution in [0.15, 0.2) is 85.2 Å². The average molecular weight is 623 g/mol. The van der Waals surface area contributed by atoms with Gasteiger partial charge in [-0.3, -0.25) is 14.6 Å². The van der Waals surface area contributed by atoms with Gasteiger partial charge in [0.15, 0.2) is 11.5 Å². The molecule has 2 amide bonds. The second kappa shape index (κ2) is 15.4. The van der Waals surface area contributed by atoms with E-state index in [2.05, 4.69) is 52.4 Å². The van der Waals surface area contributed by atoms with Crippen molar-refractivity contribution in [3.63, 3.8) is 0 Å². The Morgan fingerprint density at radius 2 is 1.61 bits per heavy atom. The first-order chi connectivity index (χ1) is 22.3. The Bertz CT molecular complexity index is 1650. The molecule has 4 aromatic rings. The Hall–Kier alpha value is -4.93. The fraction of sp³-hybridized carbons (Fsp3) is 0.306. The van der Waals surface area contributed by atoms with Crippen LogP contribution in [0.2, 0.25) is 0 Å². The molecule has 46 heavy (non-hydrogen) atoms. The molecule has 0 saturated heterocycles. The molecule has 10 heteroatoms. The zero-order chi connectivity index (χ0) is 32.5. The van der Waals surface area contributed by atoms with E-state index in [1.807, 2.05) is 36.2 Å². The van der Waals surface area contributed by atoms with Gasteiger partial charge in [-0.2, -0.15) is 0 Å². The molecule has 0 bridgehead atoms. The van der Waals surface area contributed by atoms with Crippen molar-refractivity contribution >= 4 is 23.2 Å². The van der Waals surface area contributed by atoms with Crippen LogP contribution in [0.1, 0.15) is 39.1 Å². The zero-order valence-electron chi connectivity index (χ0n) is 26.7. The Morgan fingerprint density at radius 3 is 2.39 bits per heavy atom. The van der Waals surface area contributed by atoms with Gasteiger partial charge in [0.2, 0.25) is 6.79 Å². The highest BCUT2D eigenvalue weighted by Crippen LogP contribution is 2.34. The number of nitrogens with one attached hydrogen (secondary N) is 1. The van der Waals surface area contributed by atoms with Gasteiger partial charge in [-0.15, -0.1) is 0 Å². The summed E-state index contributed by atoms with van der Waals surface area (Å²) in [6.07, 6.45) is 4.88. The zero-order valence-corrected chi connectivity index (χ0v) is 26.7. The van der Waals surface area contributed by atoms with Gasteiger partial charge in [0, 0.05) is 50.2 Å². The number of hydrogen-bond acceptors (Lipinski definition) is 8. The number of ether oxygens (including phenoxy) is 2. The minimum atomic E-state index is -0.200. The fourth-order valence-corrected chi connectivity index (χ4v) is 5.41. The van der Waals surface area contributed by atoms with Gasteiger partial charge in [0.25, 0.3) is 11.8 Å². The number of carbonyl (C=O) groups excluding carboxylic acids is 2. The Balaban J connectivity index is 1.40. The molecular formula is C36H42N6O4. The number of hydrogen-bond donors (Lipinski definition) is 2. The standard InChI is InChI=1S/C36H42N6O4/c1-40(2)18-6-19-41(3)32-11-9-29(22-31(32)39-35(43)27-13-16-38-17-14-27)28-8-4-7-26(21-28)24-42(20-5-15-37)36(44)30-10-12-33-34(23-30)46-25-45-33/h4,7-14,16-17,21-23H,5-6,15,18-20,24-25,37H2,1-3H3,(H,39,43). The molecule has 0 unspecified atom stereocenters. The van der Waals surface area contributed by atoms with E-state index in [1.165, 1.54) is 0 Å². The number of rotatable bonds is 14. The average Bonchev–Trinajstić information content (AvgIpc) is 3.55. The van der Waals surface area contributed by atoms with Crippen LogP contribution in [0.5, 0.6) is 11.5 Å². The number of anilines is 2. The SMILES string of the molecule is CN(C)CCCN(C)c1ccc(-c2cccc(CN(CCCN)C(=O)c3ccc4c(c3)OCO4)c2)cc1NC(=O)c1ccncc1. The summed E-state index contributed by atoms with van der Waals surface area (Å²) in [6, 6.07) is 22.9. The molecule has 0 aliphatic carbocycles. The lowest BCUT2D eigenvalue weighted by molar-refractivity contribution is 0.0741. The first-order valence-corrected chi connectivity index (χ1v) is 15.5. The van der Waals surface area contributed by atoms with Gasteiger partial charge in [-0.25, -0.2) is 0 Å². The number of nitrogens with zero attached hydrogens (tertiary/aromatic N) is 4. The van der Waals surface area contributed by atoms with E-state index < -0.39 is 0 Å². The van der Waals surface area contributed by atoms with Crippen molar-refractivity contribution in [2.24, 2.45) is 5.73 Å². The van der Waals surface area contributed by atoms with Gasteiger partial charge in [0.05, 0.1) is 11.4 Å². The molecule has 0 fully saturated rings. The van der Waals surface area contributed by atoms with Gasteiger partial charge in [-0.1, -0.05) is 24.3 Å². The van der Waals surface area contributed by atoms with E-state index in [9.17, 15) is 9.59 Å². The summed E-state index contributed by atoms with van der Waals surface area (Å²) in [7, 11) is 6.17. The van der Waals surface area contributed by atoms with Crippen molar-refractivity contribution in [2.75, 3.05) is 64.3 Å². The Morgan fingerprint density at radius 1 is 0.826 bits per heavy atom. The predicted octanol–water partition coefficient (Wildman–Crippen LogP) is 5.11. The molecule has 0 radical (unpaired) electrons. The van der Waals surface area contributed by atoms with Crippen molar-refractivity contribution in [2.45, 2.75) is 19.4 Å². The quantitative estimate of drug-likeness (QED) is 0.200. The van der Waals surface area contributed by atoms with E-state index in [1.54, 1.807) is 42.7 Å². The van der Waals surface area contributed by atoms with Crippen LogP contribution >= 0.6 is 0 Å². The second-order valence-electron chi connectivity index (χ2n) is 11.6. The molecule has 2 heterocycles. The molecule has 3 aromatic carbocycles. The van der Waals surface area contributed by atoms with E-state index >= 15 is 0 Å². The predicted molar refractivity (Wildman–Crippen MR) is 181 cm³/mol. The van der Waals surface area contributed by atoms with Crippen LogP contribution in [-0.2, 0) is 6.54 Å². The highest BCUT2D eigenvalue weighted by molar-refractivity contribution is 6.06. The molecule has 240 valence electrons. The second-order valence-corrected chi connectivity index (χ2v) is 11.6. The summed E-state index contributed by atoms with van der Waals surface area (Å²) >= 11 is 0. The molecule has 1 aliphatic rings. The number of pyridine rings is 1. The summed E-state index contributed by atoms with van der Waals surface area (Å²) < 4.78 is 10.9. The number of fused-ring (bicyclic) bond motifs is 1. The molecule has 0 atom stereocenters. The minimum Gasteiger partial charge on any atom is -0.454 e. The Kier molecular flexibility index (Phi) is 10.9. The minimum absolute atomic E-state index is 0.0973. The molecule has 3 N–H and O–H groups in total. The molecule has 10 nitrogen and oxygen atoms in total. The third kappa shape index (κ3) is 8.21. The molecule has 5 rings (SSSR count). The van der Waals surface area contributed by atoms with Crippen LogP contribution in [0.25, 0.3) is 11.1 Å². The highest BCUT2D eigenvalue weighted by Gasteiger charge is 2.21. The number of aromatic nitrogens is 1. The van der Waals surface area contributed by atoms with Crippen LogP contribution in [0.4, 0.5) is 11.4 Å². The lowest BCUT2D eigenvalue weighted by atomic mass is 10.0. The molecule has 1 aromatic heterocycles. The maximum atomic E-state index is 13.6. The monoisotopic (exact) mass is 622 g/mol. The largest absolute Gasteiger partial charge is 0.454 e. The summed E-state index contributed by atoms with van der Waals surface area (Å²) in [4.78, 5) is 37.0. The van der Waals surface area contributed by atoms with Crippen molar-refractivity contribution in [1.29, 1.82) is 0 Å². The van der Waals surface area contributed by atoms with Crippen molar-refractivity contribution in [3.05, 3.63) is 102 Å². The summed E-state index contributed by atoms with van der Waals surface area (Å²) in [5.74, 6) is 0.916. The van der Waals surface area contributed by atoms with Crippen molar-refractivity contribution in [1.82, 2.24) is 14.8 Å². The molecule has 0 saturated carbocycles. The van der Waals surface area contributed by atoms with E-state index in [0.717, 1.165) is 47.6 Å². The van der Waals surface area contributed by atoms with Gasteiger partial charge >= 0.3 is 0 Å². The topological polar surface area (TPSA) is 113 Å². The normalized spacial score (nSPS) is 11.8. The third-order valence-corrected chi connectivity index (χ3v) is 7.87. The van der Waals surface area contributed by atoms with Gasteiger partial charge < -0.3 is 35.2 Å². The van der Waals surface area contributed by atoms with Crippen molar-refractivity contribution in [3.8, 4) is 22.6 Å². The number of nitrogens with two attached hydrogens (primary N) is 1. The van der Waals surface area contributed by atoms with Gasteiger partial charge in [-0.05, 0) is 105 Å². The summed E-state index contributed by atoms with van der Waals surface area (Å²) in [5, 5.41) is 3.14. The fourth-order valence-electron chi connectivity index (χ4n) is 5.41. The maximum absolute atomic E-state index is 13.6. The van der Waals surface area contributed by atoms with Crippen LogP contribution in [-0.4, -0.2) is 80.7 Å². The molecule has 0 spiro atoms. The molecule has 1 aliphatic heterocycles. The van der Waals surface area contributed by atoms with Crippen LogP contribution < -0.4 is 25.4 Å². The highest BCUT2D eigenvalue weighted by atomic mass is 16.7. The smallest absolute Gasteiger partial charge is 0.255 e. The first-order valence-electron chi connectivity index (χ1n) is 15.5. The third-order valence-electron chi connectivity index (χ3n) is 7.87. The van der Waals surface area contributed by atoms with E-state index in [-0.39, 0.29) is 18.6 Å². The number of carbonyl (C=O) groups is 2. The summed E-state index contributed by atoms with van der Waals surface area (Å²) in [6.45, 7) is 3.37. The lowest BCUT2D eigenvalue weighted by Crippen LogP contribution is -2.32. The van der Waals surface area contributed by atoms with E-state index in [4.69, 9.17) is 15.2 Å². The summed E-state index contributed by atoms with van der Waals surface area (Å²) in [5.41, 5.74) is 11.5. The van der Waals surface area contributed by atoms with Crippen LogP contribution in [0, 0.1) is 0 Å². The van der Waals surface area contributed by atoms with Crippen LogP contribution in [0.3, 0.4) is 0 Å². The van der Waals surface area contributed by atoms with Crippen molar-refractivity contribution < 1.29 is 19.1 Å². The Labute approximate surface area is 270 Å². The number of benzene rings is 3. The lowest BCUT2D eigenvalue weighted by Gasteiger charge is -2.25. The number of amides is 2. The molecular weight excluding hydrogens is 580 g/mol. The van der Waals surface area contributed by atoms with Gasteiger partial charge in [0.1, 0.15) is 0 Å². The maximum Gasteiger partial charge on any atom is 0.255 e.